The van der Waals surface area contributed by atoms with E-state index in [0.717, 1.165) is 29.1 Å². The molecule has 1 aliphatic rings. The van der Waals surface area contributed by atoms with Crippen LogP contribution in [0.15, 0.2) is 24.3 Å². The monoisotopic (exact) mass is 338 g/mol. The van der Waals surface area contributed by atoms with Crippen molar-refractivity contribution in [3.63, 3.8) is 0 Å². The zero-order chi connectivity index (χ0) is 17.4. The maximum absolute atomic E-state index is 12.3. The van der Waals surface area contributed by atoms with E-state index < -0.39 is 0 Å². The van der Waals surface area contributed by atoms with Gasteiger partial charge in [0, 0.05) is 17.9 Å². The van der Waals surface area contributed by atoms with Gasteiger partial charge in [-0.2, -0.15) is 10.1 Å². The van der Waals surface area contributed by atoms with Crippen molar-refractivity contribution in [2.24, 2.45) is 0 Å². The van der Waals surface area contributed by atoms with Crippen LogP contribution in [0.25, 0.3) is 11.3 Å². The summed E-state index contributed by atoms with van der Waals surface area (Å²) in [6.45, 7) is 4.70. The molecule has 8 nitrogen and oxygen atoms in total. The van der Waals surface area contributed by atoms with Crippen LogP contribution in [-0.4, -0.2) is 37.9 Å². The Kier molecular flexibility index (Phi) is 3.72. The number of benzene rings is 1. The Hall–Kier alpha value is -3.16. The van der Waals surface area contributed by atoms with Crippen LogP contribution in [0.3, 0.4) is 0 Å². The van der Waals surface area contributed by atoms with Gasteiger partial charge in [-0.1, -0.05) is 13.8 Å². The highest BCUT2D eigenvalue weighted by Crippen LogP contribution is 2.29. The van der Waals surface area contributed by atoms with Gasteiger partial charge in [0.1, 0.15) is 17.3 Å². The number of hydrogen-bond acceptors (Lipinski definition) is 5. The Balaban J connectivity index is 1.51. The van der Waals surface area contributed by atoms with Crippen molar-refractivity contribution >= 4 is 11.9 Å². The van der Waals surface area contributed by atoms with E-state index >= 15 is 0 Å². The second-order valence-corrected chi connectivity index (χ2v) is 6.24. The van der Waals surface area contributed by atoms with E-state index in [1.165, 1.54) is 0 Å². The molecule has 0 spiro atoms. The van der Waals surface area contributed by atoms with Crippen molar-refractivity contribution in [1.82, 2.24) is 25.4 Å². The maximum atomic E-state index is 12.3. The van der Waals surface area contributed by atoms with Gasteiger partial charge >= 0.3 is 0 Å². The molecule has 1 aromatic carbocycles. The fraction of sp³-hybridized carbons (Fsp3) is 0.294. The predicted octanol–water partition coefficient (Wildman–Crippen LogP) is 2.51. The maximum Gasteiger partial charge on any atom is 0.276 e. The number of aromatic nitrogens is 5. The quantitative estimate of drug-likeness (QED) is 0.677. The second kappa shape index (κ2) is 6.04. The third kappa shape index (κ3) is 2.98. The van der Waals surface area contributed by atoms with Gasteiger partial charge in [0.05, 0.1) is 12.3 Å². The zero-order valence-corrected chi connectivity index (χ0v) is 14.0. The van der Waals surface area contributed by atoms with Crippen molar-refractivity contribution < 1.29 is 9.53 Å². The van der Waals surface area contributed by atoms with Gasteiger partial charge in [0.2, 0.25) is 5.95 Å². The molecule has 8 heteroatoms. The Morgan fingerprint density at radius 2 is 2.12 bits per heavy atom. The van der Waals surface area contributed by atoms with Crippen LogP contribution in [0, 0.1) is 0 Å². The van der Waals surface area contributed by atoms with Gasteiger partial charge in [0.25, 0.3) is 5.91 Å². The lowest BCUT2D eigenvalue weighted by molar-refractivity contribution is 0.102. The summed E-state index contributed by atoms with van der Waals surface area (Å²) in [6, 6.07) is 7.63. The third-order valence-corrected chi connectivity index (χ3v) is 4.08. The van der Waals surface area contributed by atoms with E-state index in [0.29, 0.717) is 18.0 Å². The van der Waals surface area contributed by atoms with Crippen LogP contribution >= 0.6 is 0 Å². The summed E-state index contributed by atoms with van der Waals surface area (Å²) in [5, 5.41) is 16.4. The van der Waals surface area contributed by atoms with Gasteiger partial charge in [-0.15, -0.1) is 5.10 Å². The Morgan fingerprint density at radius 3 is 2.92 bits per heavy atom. The third-order valence-electron chi connectivity index (χ3n) is 4.08. The first kappa shape index (κ1) is 15.4. The molecule has 0 aliphatic carbocycles. The molecule has 25 heavy (non-hydrogen) atoms. The minimum absolute atomic E-state index is 0.209. The van der Waals surface area contributed by atoms with Crippen LogP contribution in [-0.2, 0) is 6.42 Å². The molecule has 1 aliphatic heterocycles. The van der Waals surface area contributed by atoms with Gasteiger partial charge in [0.15, 0.2) is 0 Å². The van der Waals surface area contributed by atoms with Gasteiger partial charge < -0.3 is 4.74 Å². The second-order valence-electron chi connectivity index (χ2n) is 6.24. The van der Waals surface area contributed by atoms with Gasteiger partial charge in [-0.25, -0.2) is 0 Å². The van der Waals surface area contributed by atoms with Crippen molar-refractivity contribution in [2.45, 2.75) is 26.2 Å². The first-order valence-corrected chi connectivity index (χ1v) is 8.15. The summed E-state index contributed by atoms with van der Waals surface area (Å²) in [6.07, 6.45) is 0.893. The van der Waals surface area contributed by atoms with E-state index in [2.05, 4.69) is 30.7 Å². The van der Waals surface area contributed by atoms with Gasteiger partial charge in [-0.05, 0) is 29.8 Å². The van der Waals surface area contributed by atoms with Crippen LogP contribution < -0.4 is 10.1 Å². The summed E-state index contributed by atoms with van der Waals surface area (Å²) in [4.78, 5) is 16.6. The minimum Gasteiger partial charge on any atom is -0.493 e. The molecule has 0 radical (unpaired) electrons. The van der Waals surface area contributed by atoms with Crippen molar-refractivity contribution in [3.05, 3.63) is 41.3 Å². The highest BCUT2D eigenvalue weighted by molar-refractivity contribution is 6.02. The predicted molar refractivity (Wildman–Crippen MR) is 91.6 cm³/mol. The standard InChI is InChI=1S/C17H18N6O2/c1-9(2)15-18-17(23-22-15)19-16(24)13-8-12(20-21-13)10-3-4-14-11(7-10)5-6-25-14/h3-4,7-9H,5-6H2,1-2H3,(H,20,21)(H2,18,19,22,23,24). The van der Waals surface area contributed by atoms with Crippen molar-refractivity contribution in [2.75, 3.05) is 11.9 Å². The summed E-state index contributed by atoms with van der Waals surface area (Å²) in [5.74, 6) is 1.77. The molecule has 0 unspecified atom stereocenters. The average molecular weight is 338 g/mol. The number of amides is 1. The number of ether oxygens (including phenoxy) is 1. The molecule has 0 atom stereocenters. The number of carbonyl (C=O) groups is 1. The number of H-pyrrole nitrogens is 2. The molecule has 128 valence electrons. The molecular formula is C17H18N6O2. The molecule has 3 aromatic rings. The summed E-state index contributed by atoms with van der Waals surface area (Å²) < 4.78 is 5.51. The lowest BCUT2D eigenvalue weighted by Crippen LogP contribution is -2.13. The minimum atomic E-state index is -0.336. The number of aromatic amines is 2. The van der Waals surface area contributed by atoms with Crippen LogP contribution in [0.4, 0.5) is 5.95 Å². The Labute approximate surface area is 144 Å². The van der Waals surface area contributed by atoms with Crippen molar-refractivity contribution in [3.8, 4) is 17.0 Å². The molecule has 0 fully saturated rings. The molecule has 3 N–H and O–H groups in total. The normalized spacial score (nSPS) is 12.9. The van der Waals surface area contributed by atoms with E-state index in [4.69, 9.17) is 4.74 Å². The molecule has 2 aromatic heterocycles. The van der Waals surface area contributed by atoms with E-state index in [9.17, 15) is 4.79 Å². The molecule has 3 heterocycles. The van der Waals surface area contributed by atoms with E-state index in [-0.39, 0.29) is 17.8 Å². The number of hydrogen-bond donors (Lipinski definition) is 3. The van der Waals surface area contributed by atoms with E-state index in [1.807, 2.05) is 32.0 Å². The molecule has 0 bridgehead atoms. The first-order chi connectivity index (χ1) is 12.1. The summed E-state index contributed by atoms with van der Waals surface area (Å²) in [7, 11) is 0. The summed E-state index contributed by atoms with van der Waals surface area (Å²) in [5.41, 5.74) is 3.16. The lowest BCUT2D eigenvalue weighted by Gasteiger charge is -2.00. The van der Waals surface area contributed by atoms with Crippen LogP contribution in [0.1, 0.15) is 41.6 Å². The number of rotatable bonds is 4. The number of fused-ring (bicyclic) bond motifs is 1. The molecule has 0 saturated carbocycles. The molecule has 1 amide bonds. The number of nitrogens with zero attached hydrogens (tertiary/aromatic N) is 3. The Morgan fingerprint density at radius 1 is 1.24 bits per heavy atom. The first-order valence-electron chi connectivity index (χ1n) is 8.15. The average Bonchev–Trinajstić information content (AvgIpc) is 3.33. The SMILES string of the molecule is CC(C)c1nc(NC(=O)c2cc(-c3ccc4c(c3)CCO4)n[nH]2)n[nH]1. The molecule has 0 saturated heterocycles. The Bertz CT molecular complexity index is 927. The topological polar surface area (TPSA) is 109 Å². The number of carbonyl (C=O) groups excluding carboxylic acids is 1. The van der Waals surface area contributed by atoms with Crippen LogP contribution in [0.2, 0.25) is 0 Å². The van der Waals surface area contributed by atoms with E-state index in [1.54, 1.807) is 6.07 Å². The van der Waals surface area contributed by atoms with Crippen LogP contribution in [0.5, 0.6) is 5.75 Å². The molecule has 4 rings (SSSR count). The lowest BCUT2D eigenvalue weighted by atomic mass is 10.1. The summed E-state index contributed by atoms with van der Waals surface area (Å²) >= 11 is 0. The largest absolute Gasteiger partial charge is 0.493 e. The van der Waals surface area contributed by atoms with Crippen molar-refractivity contribution in [1.29, 1.82) is 0 Å². The van der Waals surface area contributed by atoms with Gasteiger partial charge in [-0.3, -0.25) is 20.3 Å². The fourth-order valence-electron chi connectivity index (χ4n) is 2.69. The highest BCUT2D eigenvalue weighted by atomic mass is 16.5. The molecular weight excluding hydrogens is 320 g/mol. The smallest absolute Gasteiger partial charge is 0.276 e. The fourth-order valence-corrected chi connectivity index (χ4v) is 2.69. The zero-order valence-electron chi connectivity index (χ0n) is 14.0. The highest BCUT2D eigenvalue weighted by Gasteiger charge is 2.17. The number of nitrogens with one attached hydrogen (secondary N) is 3. The number of anilines is 1.